The first-order chi connectivity index (χ1) is 7.77. The average molecular weight is 237 g/mol. The van der Waals surface area contributed by atoms with Crippen molar-refractivity contribution in [2.45, 2.75) is 5.03 Å². The van der Waals surface area contributed by atoms with E-state index in [-0.39, 0.29) is 5.56 Å². The van der Waals surface area contributed by atoms with Gasteiger partial charge in [-0.15, -0.1) is 11.8 Å². The molecule has 0 fully saturated rings. The molecule has 1 heterocycles. The Morgan fingerprint density at radius 1 is 1.56 bits per heavy atom. The van der Waals surface area contributed by atoms with Crippen LogP contribution in [-0.2, 0) is 0 Å². The normalized spacial score (nSPS) is 10.6. The lowest BCUT2D eigenvalue weighted by Gasteiger charge is -1.97. The molecule has 0 unspecified atom stereocenters. The molecule has 0 bridgehead atoms. The van der Waals surface area contributed by atoms with Gasteiger partial charge in [-0.05, 0) is 12.1 Å². The molecule has 4 nitrogen and oxygen atoms in total. The van der Waals surface area contributed by atoms with Crippen molar-refractivity contribution in [2.24, 2.45) is 5.73 Å². The lowest BCUT2D eigenvalue weighted by Crippen LogP contribution is -2.01. The molecule has 0 atom stereocenters. The molecular formula is C10H8FN3OS. The number of benzene rings is 1. The maximum Gasteiger partial charge on any atom is 0.169 e. The van der Waals surface area contributed by atoms with Crippen molar-refractivity contribution in [3.05, 3.63) is 23.5 Å². The molecule has 0 aliphatic rings. The van der Waals surface area contributed by atoms with Gasteiger partial charge in [-0.3, -0.25) is 0 Å². The van der Waals surface area contributed by atoms with E-state index in [9.17, 15) is 4.39 Å². The van der Waals surface area contributed by atoms with Gasteiger partial charge in [0, 0.05) is 12.3 Å². The fourth-order valence-corrected chi connectivity index (χ4v) is 2.09. The predicted octanol–water partition coefficient (Wildman–Crippen LogP) is 1.89. The van der Waals surface area contributed by atoms with Crippen LogP contribution in [0.2, 0.25) is 0 Å². The molecular weight excluding hydrogens is 229 g/mol. The highest BCUT2D eigenvalue weighted by molar-refractivity contribution is 7.99. The van der Waals surface area contributed by atoms with Crippen molar-refractivity contribution in [2.75, 3.05) is 12.3 Å². The third kappa shape index (κ3) is 1.75. The molecule has 0 radical (unpaired) electrons. The summed E-state index contributed by atoms with van der Waals surface area (Å²) >= 11 is 1.35. The van der Waals surface area contributed by atoms with Gasteiger partial charge in [0.05, 0.1) is 5.39 Å². The third-order valence-electron chi connectivity index (χ3n) is 2.03. The molecule has 0 saturated heterocycles. The molecule has 1 aromatic carbocycles. The van der Waals surface area contributed by atoms with Crippen molar-refractivity contribution in [3.63, 3.8) is 0 Å². The number of thioether (sulfide) groups is 1. The number of rotatable bonds is 3. The smallest absolute Gasteiger partial charge is 0.169 e. The summed E-state index contributed by atoms with van der Waals surface area (Å²) < 4.78 is 18.4. The number of fused-ring (bicyclic) bond motifs is 1. The number of nitrogens with zero attached hydrogens (tertiary/aromatic N) is 2. The summed E-state index contributed by atoms with van der Waals surface area (Å²) in [6.07, 6.45) is 0. The fraction of sp³-hybridized carbons (Fsp3) is 0.200. The molecule has 6 heteroatoms. The van der Waals surface area contributed by atoms with Gasteiger partial charge >= 0.3 is 0 Å². The second-order valence-corrected chi connectivity index (χ2v) is 4.12. The molecule has 0 saturated carbocycles. The second-order valence-electron chi connectivity index (χ2n) is 3.03. The third-order valence-corrected chi connectivity index (χ3v) is 3.02. The van der Waals surface area contributed by atoms with E-state index in [2.05, 4.69) is 5.16 Å². The van der Waals surface area contributed by atoms with Gasteiger partial charge in [0.1, 0.15) is 22.5 Å². The Kier molecular flexibility index (Phi) is 3.08. The minimum atomic E-state index is -0.562. The summed E-state index contributed by atoms with van der Waals surface area (Å²) in [5.74, 6) is 0.0797. The van der Waals surface area contributed by atoms with E-state index in [4.69, 9.17) is 15.5 Å². The fourth-order valence-electron chi connectivity index (χ4n) is 1.35. The molecule has 1 aromatic heterocycles. The van der Waals surface area contributed by atoms with E-state index in [0.29, 0.717) is 28.3 Å². The van der Waals surface area contributed by atoms with Crippen LogP contribution in [-0.4, -0.2) is 17.5 Å². The van der Waals surface area contributed by atoms with Gasteiger partial charge in [0.2, 0.25) is 0 Å². The number of hydrogen-bond acceptors (Lipinski definition) is 5. The lowest BCUT2D eigenvalue weighted by molar-refractivity contribution is 0.437. The molecule has 2 rings (SSSR count). The summed E-state index contributed by atoms with van der Waals surface area (Å²) in [5, 5.41) is 13.6. The van der Waals surface area contributed by atoms with E-state index in [1.165, 1.54) is 23.9 Å². The summed E-state index contributed by atoms with van der Waals surface area (Å²) in [7, 11) is 0. The first-order valence-electron chi connectivity index (χ1n) is 4.58. The Balaban J connectivity index is 2.60. The monoisotopic (exact) mass is 237 g/mol. The minimum Gasteiger partial charge on any atom is -0.355 e. The molecule has 0 aliphatic heterocycles. The first-order valence-corrected chi connectivity index (χ1v) is 5.57. The topological polar surface area (TPSA) is 75.8 Å². The zero-order valence-corrected chi connectivity index (χ0v) is 9.05. The number of nitriles is 1. The van der Waals surface area contributed by atoms with E-state index in [0.717, 1.165) is 0 Å². The number of nitrogens with two attached hydrogens (primary N) is 1. The van der Waals surface area contributed by atoms with Crippen LogP contribution in [0.4, 0.5) is 4.39 Å². The highest BCUT2D eigenvalue weighted by Crippen LogP contribution is 2.30. The Morgan fingerprint density at radius 3 is 3.06 bits per heavy atom. The number of aromatic nitrogens is 1. The zero-order chi connectivity index (χ0) is 11.5. The Labute approximate surface area is 95.2 Å². The first kappa shape index (κ1) is 10.9. The highest BCUT2D eigenvalue weighted by atomic mass is 32.2. The molecule has 0 aliphatic carbocycles. The zero-order valence-electron chi connectivity index (χ0n) is 8.24. The summed E-state index contributed by atoms with van der Waals surface area (Å²) in [5.41, 5.74) is 5.76. The van der Waals surface area contributed by atoms with Gasteiger partial charge < -0.3 is 10.3 Å². The van der Waals surface area contributed by atoms with Crippen LogP contribution in [0.3, 0.4) is 0 Å². The summed E-state index contributed by atoms with van der Waals surface area (Å²) in [4.78, 5) is 0. The van der Waals surface area contributed by atoms with Crippen molar-refractivity contribution in [1.82, 2.24) is 5.16 Å². The van der Waals surface area contributed by atoms with Gasteiger partial charge in [-0.1, -0.05) is 5.16 Å². The average Bonchev–Trinajstić information content (AvgIpc) is 2.70. The molecule has 2 aromatic rings. The quantitative estimate of drug-likeness (QED) is 0.825. The van der Waals surface area contributed by atoms with E-state index >= 15 is 0 Å². The predicted molar refractivity (Wildman–Crippen MR) is 58.5 cm³/mol. The van der Waals surface area contributed by atoms with Crippen LogP contribution in [0, 0.1) is 17.1 Å². The maximum absolute atomic E-state index is 13.4. The summed E-state index contributed by atoms with van der Waals surface area (Å²) in [6, 6.07) is 4.48. The van der Waals surface area contributed by atoms with Crippen LogP contribution in [0.15, 0.2) is 21.7 Å². The van der Waals surface area contributed by atoms with Crippen molar-refractivity contribution in [1.29, 1.82) is 5.26 Å². The van der Waals surface area contributed by atoms with Gasteiger partial charge in [-0.25, -0.2) is 4.39 Å². The standard InChI is InChI=1S/C10H8FN3OS/c11-7-1-2-8-9(6(7)5-13)10(14-15-8)16-4-3-12/h1-2H,3-4,12H2. The Morgan fingerprint density at radius 2 is 2.38 bits per heavy atom. The molecule has 82 valence electrons. The van der Waals surface area contributed by atoms with Crippen LogP contribution < -0.4 is 5.73 Å². The second kappa shape index (κ2) is 4.51. The van der Waals surface area contributed by atoms with Gasteiger partial charge in [0.15, 0.2) is 5.58 Å². The number of halogens is 1. The number of hydrogen-bond donors (Lipinski definition) is 1. The van der Waals surface area contributed by atoms with Crippen LogP contribution in [0.25, 0.3) is 11.0 Å². The Hall–Kier alpha value is -1.58. The summed E-state index contributed by atoms with van der Waals surface area (Å²) in [6.45, 7) is 0.482. The SMILES string of the molecule is N#Cc1c(F)ccc2onc(SCCN)c12. The molecule has 16 heavy (non-hydrogen) atoms. The lowest BCUT2D eigenvalue weighted by atomic mass is 10.1. The molecule has 0 amide bonds. The van der Waals surface area contributed by atoms with Crippen LogP contribution in [0.1, 0.15) is 5.56 Å². The molecule has 2 N–H and O–H groups in total. The van der Waals surface area contributed by atoms with Crippen LogP contribution in [0.5, 0.6) is 0 Å². The van der Waals surface area contributed by atoms with Gasteiger partial charge in [0.25, 0.3) is 0 Å². The Bertz CT molecular complexity index is 561. The van der Waals surface area contributed by atoms with E-state index in [1.54, 1.807) is 0 Å². The van der Waals surface area contributed by atoms with E-state index in [1.807, 2.05) is 6.07 Å². The molecule has 0 spiro atoms. The van der Waals surface area contributed by atoms with Crippen LogP contribution >= 0.6 is 11.8 Å². The van der Waals surface area contributed by atoms with E-state index < -0.39 is 5.82 Å². The largest absolute Gasteiger partial charge is 0.355 e. The van der Waals surface area contributed by atoms with Crippen molar-refractivity contribution >= 4 is 22.7 Å². The van der Waals surface area contributed by atoms with Gasteiger partial charge in [-0.2, -0.15) is 5.26 Å². The minimum absolute atomic E-state index is 0.0294. The van der Waals surface area contributed by atoms with Crippen molar-refractivity contribution < 1.29 is 8.91 Å². The highest BCUT2D eigenvalue weighted by Gasteiger charge is 2.16. The van der Waals surface area contributed by atoms with Crippen molar-refractivity contribution in [3.8, 4) is 6.07 Å². The maximum atomic E-state index is 13.4.